The van der Waals surface area contributed by atoms with Gasteiger partial charge in [0.2, 0.25) is 35.7 Å². The summed E-state index contributed by atoms with van der Waals surface area (Å²) in [7, 11) is 0. The number of nitrogens with zero attached hydrogens (tertiary/aromatic N) is 18. The first-order valence-corrected chi connectivity index (χ1v) is 52.4. The van der Waals surface area contributed by atoms with E-state index < -0.39 is 0 Å². The molecule has 6 saturated heterocycles. The van der Waals surface area contributed by atoms with Crippen molar-refractivity contribution in [1.82, 2.24) is 75.8 Å². The van der Waals surface area contributed by atoms with Crippen LogP contribution in [0.3, 0.4) is 0 Å². The molecule has 3 amide bonds. The van der Waals surface area contributed by atoms with E-state index in [1.54, 1.807) is 62.0 Å². The first-order valence-electron chi connectivity index (χ1n) is 52.4. The van der Waals surface area contributed by atoms with Gasteiger partial charge in [0.15, 0.2) is 0 Å². The zero-order valence-corrected chi connectivity index (χ0v) is 89.3. The average molecular weight is 1940 g/mol. The Morgan fingerprint density at radius 2 is 0.436 bits per heavy atom. The molecule has 0 spiro atoms. The Morgan fingerprint density at radius 1 is 0.250 bits per heavy atom. The number of hydrogen-bond donors (Lipinski definition) is 3. The molecule has 12 heterocycles. The number of nitrogens with one attached hydrogen (secondary N) is 3. The Morgan fingerprint density at radius 3 is 0.614 bits per heavy atom. The van der Waals surface area contributed by atoms with Gasteiger partial charge in [-0.15, -0.1) is 0 Å². The van der Waals surface area contributed by atoms with Crippen molar-refractivity contribution in [3.63, 3.8) is 0 Å². The first kappa shape index (κ1) is 116. The molecule has 0 unspecified atom stereocenters. The smallest absolute Gasteiger partial charge is 0.254 e. The van der Waals surface area contributed by atoms with Crippen LogP contribution in [0.25, 0.3) is 0 Å². The Labute approximate surface area is 836 Å². The Hall–Kier alpha value is -10.6. The standard InChI is InChI=1S/C20H31N3O2.C19H30N4O2.C18H27N3O2.C18H29N3O.C17H26N4O2.C17H28N4O/c1-14(2)18(24)6-5-16-7-9-23(10-8-16)20-21-12-17(13-22-20)11-19(25)15(3)4;1-13(2)17(24)6-5-15-7-9-23(10-8-15)19-20-11-16(12-21-19)18(25)22-14(3)4;1-12(2)16(22)9-14-10-19-18(20-11-14)21-7-5-15(6-8-21)17(23)13(3)4;1-13(2)9-15-5-7-21(8-6-15)18-19-11-16(12-20-18)10-17(22)14(3)4;1-11(2)15(22)13-5-7-21(8-6-13)17-18-9-14(10-19-17)16(23)20-12(3)4;1-12(2)9-14-5-7-21(8-6-14)17-18-10-15(11-19-17)16(22)20-13(3)4/h12-16H,5-11H2,1-4H3;11-15H,5-10H2,1-4H3,(H,22,25);10-13,15H,5-9H2,1-4H3;11-15H,5-10H2,1-4H3;9-13H,5-8H2,1-4H3,(H,20,23);10-14H,5-9H2,1-4H3,(H,20,22). The van der Waals surface area contributed by atoms with Crippen LogP contribution in [0.4, 0.5) is 35.7 Å². The second kappa shape index (κ2) is 59.3. The fraction of sp³-hybridized carbons (Fsp3) is 0.688. The van der Waals surface area contributed by atoms with E-state index in [4.69, 9.17) is 0 Å². The van der Waals surface area contributed by atoms with Gasteiger partial charge in [-0.25, -0.2) is 59.8 Å². The van der Waals surface area contributed by atoms with Gasteiger partial charge in [-0.3, -0.25) is 47.9 Å². The molecule has 772 valence electrons. The highest BCUT2D eigenvalue weighted by Gasteiger charge is 2.33. The fourth-order valence-corrected chi connectivity index (χ4v) is 17.7. The van der Waals surface area contributed by atoms with Crippen molar-refractivity contribution in [1.29, 1.82) is 0 Å². The molecule has 12 rings (SSSR count). The highest BCUT2D eigenvalue weighted by Crippen LogP contribution is 2.32. The predicted molar refractivity (Wildman–Crippen MR) is 557 cm³/mol. The number of carbonyl (C=O) groups excluding carboxylic acids is 10. The number of hydrogen-bond acceptors (Lipinski definition) is 28. The number of Topliss-reactive ketones (excluding diaryl/α,β-unsaturated/α-hetero) is 7. The normalized spacial score (nSPS) is 16.1. The minimum Gasteiger partial charge on any atom is -0.350 e. The van der Waals surface area contributed by atoms with E-state index in [1.165, 1.54) is 38.5 Å². The molecular weight excluding hydrogens is 1760 g/mol. The van der Waals surface area contributed by atoms with Gasteiger partial charge < -0.3 is 45.3 Å². The Balaban J connectivity index is 0.000000229. The van der Waals surface area contributed by atoms with Crippen LogP contribution in [-0.2, 0) is 52.8 Å². The van der Waals surface area contributed by atoms with Crippen LogP contribution in [0, 0.1) is 88.8 Å². The van der Waals surface area contributed by atoms with Crippen molar-refractivity contribution in [3.05, 3.63) is 108 Å². The summed E-state index contributed by atoms with van der Waals surface area (Å²) < 4.78 is 0. The number of rotatable bonds is 37. The van der Waals surface area contributed by atoms with E-state index in [0.717, 1.165) is 201 Å². The van der Waals surface area contributed by atoms with Crippen LogP contribution < -0.4 is 45.3 Å². The van der Waals surface area contributed by atoms with E-state index in [2.05, 4.69) is 133 Å². The van der Waals surface area contributed by atoms with Gasteiger partial charge in [-0.1, -0.05) is 125 Å². The quantitative estimate of drug-likeness (QED) is 0.0326. The summed E-state index contributed by atoms with van der Waals surface area (Å²) in [5, 5.41) is 8.50. The molecule has 6 aliphatic heterocycles. The molecule has 0 aromatic carbocycles. The third-order valence-electron chi connectivity index (χ3n) is 26.7. The summed E-state index contributed by atoms with van der Waals surface area (Å²) in [6, 6.07) is 0.292. The van der Waals surface area contributed by atoms with Crippen LogP contribution in [0.5, 0.6) is 0 Å². The zero-order chi connectivity index (χ0) is 103. The van der Waals surface area contributed by atoms with Crippen molar-refractivity contribution < 1.29 is 47.9 Å². The van der Waals surface area contributed by atoms with Crippen molar-refractivity contribution in [3.8, 4) is 0 Å². The van der Waals surface area contributed by atoms with Crippen LogP contribution in [0.15, 0.2) is 74.4 Å². The van der Waals surface area contributed by atoms with Crippen molar-refractivity contribution in [2.24, 2.45) is 88.8 Å². The summed E-state index contributed by atoms with van der Waals surface area (Å²) in [5.74, 6) is 11.4. The summed E-state index contributed by atoms with van der Waals surface area (Å²) >= 11 is 0. The van der Waals surface area contributed by atoms with Gasteiger partial charge in [-0.2, -0.15) is 0 Å². The monoisotopic (exact) mass is 1930 g/mol. The highest BCUT2D eigenvalue weighted by molar-refractivity contribution is 5.95. The molecule has 31 nitrogen and oxygen atoms in total. The zero-order valence-electron chi connectivity index (χ0n) is 89.3. The largest absolute Gasteiger partial charge is 0.350 e. The lowest BCUT2D eigenvalue weighted by Gasteiger charge is -2.32. The number of anilines is 6. The van der Waals surface area contributed by atoms with E-state index in [0.29, 0.717) is 102 Å². The molecule has 6 aromatic rings. The van der Waals surface area contributed by atoms with Gasteiger partial charge in [0.05, 0.1) is 16.7 Å². The van der Waals surface area contributed by atoms with Crippen molar-refractivity contribution >= 4 is 93.9 Å². The number of carbonyl (C=O) groups is 10. The highest BCUT2D eigenvalue weighted by atomic mass is 16.2. The number of amides is 3. The molecule has 3 N–H and O–H groups in total. The lowest BCUT2D eigenvalue weighted by atomic mass is 9.87. The molecule has 140 heavy (non-hydrogen) atoms. The second-order valence-electron chi connectivity index (χ2n) is 43.2. The summed E-state index contributed by atoms with van der Waals surface area (Å²) in [4.78, 5) is 184. The van der Waals surface area contributed by atoms with Gasteiger partial charge >= 0.3 is 0 Å². The predicted octanol–water partition coefficient (Wildman–Crippen LogP) is 17.4. The topological polar surface area (TPSA) is 381 Å². The molecule has 0 atom stereocenters. The number of aromatic nitrogens is 12. The summed E-state index contributed by atoms with van der Waals surface area (Å²) in [5.41, 5.74) is 4.12. The molecule has 6 aromatic heterocycles. The lowest BCUT2D eigenvalue weighted by molar-refractivity contribution is -0.127. The second-order valence-corrected chi connectivity index (χ2v) is 43.2. The molecule has 0 aliphatic carbocycles. The van der Waals surface area contributed by atoms with Gasteiger partial charge in [-0.05, 0) is 196 Å². The SMILES string of the molecule is CC(C)C(=O)CCC1CCN(c2ncc(CC(=O)C(C)C)cn2)CC1.CC(C)C(=O)Cc1cnc(N2CCC(C(=O)C(C)C)CC2)nc1.CC(C)CC1CCN(c2ncc(C(=O)NC(C)C)cn2)CC1.CC(C)CC1CCN(c2ncc(CC(=O)C(C)C)cn2)CC1.CC(C)NC(=O)c1cnc(N2CCC(C(=O)C(C)C)CC2)nc1.CC(C)NC(=O)c1cnc(N2CCC(CCC(=O)C(C)C)CC2)nc1. The molecule has 0 saturated carbocycles. The van der Waals surface area contributed by atoms with E-state index in [1.807, 2.05) is 151 Å². The van der Waals surface area contributed by atoms with E-state index in [9.17, 15) is 47.9 Å². The third-order valence-corrected chi connectivity index (χ3v) is 26.7. The van der Waals surface area contributed by atoms with Gasteiger partial charge in [0.25, 0.3) is 17.7 Å². The molecule has 6 fully saturated rings. The summed E-state index contributed by atoms with van der Waals surface area (Å²) in [6.45, 7) is 58.9. The third kappa shape index (κ3) is 40.8. The molecule has 31 heteroatoms. The first-order chi connectivity index (χ1) is 66.4. The minimum atomic E-state index is -0.159. The number of piperidine rings is 6. The lowest BCUT2D eigenvalue weighted by Crippen LogP contribution is -2.38. The fourth-order valence-electron chi connectivity index (χ4n) is 17.7. The molecular formula is C109H171N21O10. The average Bonchev–Trinajstić information content (AvgIpc) is 0.845. The molecule has 0 bridgehead atoms. The minimum absolute atomic E-state index is 0.0344. The van der Waals surface area contributed by atoms with Crippen LogP contribution in [0.2, 0.25) is 0 Å². The Kier molecular flexibility index (Phi) is 49.3. The Bertz CT molecular complexity index is 4730. The maximum absolute atomic E-state index is 12.1. The van der Waals surface area contributed by atoms with E-state index in [-0.39, 0.29) is 106 Å². The van der Waals surface area contributed by atoms with Crippen LogP contribution in [-0.4, -0.2) is 215 Å². The van der Waals surface area contributed by atoms with Gasteiger partial charge in [0.1, 0.15) is 40.5 Å². The van der Waals surface area contributed by atoms with E-state index >= 15 is 0 Å². The van der Waals surface area contributed by atoms with Crippen molar-refractivity contribution in [2.45, 2.75) is 319 Å². The van der Waals surface area contributed by atoms with Crippen LogP contribution in [0.1, 0.15) is 330 Å². The summed E-state index contributed by atoms with van der Waals surface area (Å²) in [6.07, 6.45) is 40.1. The maximum atomic E-state index is 12.1. The number of ketones is 7. The molecule has 0 radical (unpaired) electrons. The van der Waals surface area contributed by atoms with Crippen molar-refractivity contribution in [2.75, 3.05) is 108 Å². The maximum Gasteiger partial charge on any atom is 0.254 e. The molecule has 6 aliphatic rings. The van der Waals surface area contributed by atoms with Gasteiger partial charge in [0, 0.05) is 256 Å². The van der Waals surface area contributed by atoms with Crippen LogP contribution >= 0.6 is 0 Å².